The minimum Gasteiger partial charge on any atom is -0.322 e. The van der Waals surface area contributed by atoms with Crippen LogP contribution in [0.3, 0.4) is 0 Å². The van der Waals surface area contributed by atoms with E-state index >= 15 is 0 Å². The fourth-order valence-corrected chi connectivity index (χ4v) is 3.83. The van der Waals surface area contributed by atoms with Gasteiger partial charge >= 0.3 is 0 Å². The molecule has 7 heteroatoms. The number of aromatic nitrogens is 1. The average molecular weight is 374 g/mol. The van der Waals surface area contributed by atoms with Crippen LogP contribution in [0.1, 0.15) is 16.7 Å². The lowest BCUT2D eigenvalue weighted by molar-refractivity contribution is 0.580. The van der Waals surface area contributed by atoms with Crippen molar-refractivity contribution in [2.75, 3.05) is 6.54 Å². The van der Waals surface area contributed by atoms with Crippen molar-refractivity contribution in [2.45, 2.75) is 25.2 Å². The summed E-state index contributed by atoms with van der Waals surface area (Å²) < 4.78 is 40.4. The van der Waals surface area contributed by atoms with E-state index in [1.54, 1.807) is 6.92 Å². The number of hydrogen-bond acceptors (Lipinski definition) is 3. The number of fused-ring (bicyclic) bond motifs is 1. The Morgan fingerprint density at radius 2 is 1.81 bits per heavy atom. The minimum absolute atomic E-state index is 0.0445. The molecule has 0 radical (unpaired) electrons. The molecule has 0 aliphatic heterocycles. The number of rotatable bonds is 5. The van der Waals surface area contributed by atoms with Gasteiger partial charge in [-0.25, -0.2) is 17.5 Å². The lowest BCUT2D eigenvalue weighted by Gasteiger charge is -2.09. The fraction of sp³-hybridized carbons (Fsp3) is 0.211. The fourth-order valence-electron chi connectivity index (χ4n) is 2.72. The van der Waals surface area contributed by atoms with Gasteiger partial charge < -0.3 is 4.98 Å². The van der Waals surface area contributed by atoms with E-state index in [-0.39, 0.29) is 22.6 Å². The molecule has 0 saturated heterocycles. The number of nitrogens with one attached hydrogen (secondary N) is 2. The third kappa shape index (κ3) is 3.84. The molecular weight excluding hydrogens is 355 g/mol. The Kier molecular flexibility index (Phi) is 4.93. The minimum atomic E-state index is -3.69. The van der Waals surface area contributed by atoms with Crippen LogP contribution in [0, 0.1) is 19.7 Å². The molecule has 0 unspecified atom stereocenters. The number of H-pyrrole nitrogens is 1. The number of halogens is 1. The summed E-state index contributed by atoms with van der Waals surface area (Å²) in [6.45, 7) is 3.48. The highest BCUT2D eigenvalue weighted by Gasteiger charge is 2.14. The highest BCUT2D eigenvalue weighted by molar-refractivity contribution is 7.89. The van der Waals surface area contributed by atoms with E-state index in [0.717, 1.165) is 22.5 Å². The second-order valence-corrected chi connectivity index (χ2v) is 8.03. The third-order valence-corrected chi connectivity index (χ3v) is 5.70. The summed E-state index contributed by atoms with van der Waals surface area (Å²) >= 11 is 0. The number of hydrogen-bond donors (Lipinski definition) is 2. The van der Waals surface area contributed by atoms with Crippen LogP contribution in [0.25, 0.3) is 10.9 Å². The molecule has 0 bridgehead atoms. The van der Waals surface area contributed by atoms with Crippen molar-refractivity contribution in [3.8, 4) is 0 Å². The van der Waals surface area contributed by atoms with Crippen molar-refractivity contribution in [1.82, 2.24) is 9.71 Å². The molecule has 136 valence electrons. The molecule has 3 rings (SSSR count). The number of benzene rings is 2. The van der Waals surface area contributed by atoms with E-state index in [0.29, 0.717) is 12.0 Å². The van der Waals surface area contributed by atoms with Crippen LogP contribution < -0.4 is 10.3 Å². The number of sulfonamides is 1. The van der Waals surface area contributed by atoms with Crippen molar-refractivity contribution >= 4 is 20.9 Å². The number of pyridine rings is 1. The first-order valence-corrected chi connectivity index (χ1v) is 9.63. The zero-order valence-corrected chi connectivity index (χ0v) is 15.3. The summed E-state index contributed by atoms with van der Waals surface area (Å²) in [4.78, 5) is 14.5. The second-order valence-electron chi connectivity index (χ2n) is 6.26. The maximum Gasteiger partial charge on any atom is 0.251 e. The molecule has 0 amide bonds. The largest absolute Gasteiger partial charge is 0.322 e. The maximum atomic E-state index is 13.3. The van der Waals surface area contributed by atoms with Gasteiger partial charge in [0.05, 0.1) is 4.90 Å². The van der Waals surface area contributed by atoms with Gasteiger partial charge in [-0.15, -0.1) is 0 Å². The highest BCUT2D eigenvalue weighted by atomic mass is 32.2. The third-order valence-electron chi connectivity index (χ3n) is 4.24. The van der Waals surface area contributed by atoms with Gasteiger partial charge in [0.2, 0.25) is 10.0 Å². The summed E-state index contributed by atoms with van der Waals surface area (Å²) in [5, 5.41) is 0.900. The van der Waals surface area contributed by atoms with Gasteiger partial charge in [-0.1, -0.05) is 6.07 Å². The Morgan fingerprint density at radius 3 is 2.54 bits per heavy atom. The van der Waals surface area contributed by atoms with E-state index in [1.807, 2.05) is 24.3 Å². The van der Waals surface area contributed by atoms with E-state index in [9.17, 15) is 17.6 Å². The first kappa shape index (κ1) is 18.3. The molecule has 0 atom stereocenters. The van der Waals surface area contributed by atoms with Crippen molar-refractivity contribution in [2.24, 2.45) is 0 Å². The molecule has 26 heavy (non-hydrogen) atoms. The molecule has 2 aromatic carbocycles. The molecule has 5 nitrogen and oxygen atoms in total. The zero-order valence-electron chi connectivity index (χ0n) is 14.5. The predicted molar refractivity (Wildman–Crippen MR) is 99.3 cm³/mol. The van der Waals surface area contributed by atoms with Gasteiger partial charge in [0, 0.05) is 17.6 Å². The standard InChI is InChI=1S/C19H19FN2O3S/c1-12-10-16(4-5-17(12)20)26(24,25)21-8-7-14-3-6-18-15(11-14)9-13(2)19(23)22-18/h3-6,9-11,21H,7-8H2,1-2H3,(H,22,23). The van der Waals surface area contributed by atoms with Gasteiger partial charge in [-0.05, 0) is 73.2 Å². The average Bonchev–Trinajstić information content (AvgIpc) is 2.58. The Hall–Kier alpha value is -2.51. The van der Waals surface area contributed by atoms with Crippen LogP contribution in [-0.2, 0) is 16.4 Å². The molecule has 0 fully saturated rings. The monoisotopic (exact) mass is 374 g/mol. The summed E-state index contributed by atoms with van der Waals surface area (Å²) in [6, 6.07) is 11.1. The molecular formula is C19H19FN2O3S. The highest BCUT2D eigenvalue weighted by Crippen LogP contribution is 2.16. The van der Waals surface area contributed by atoms with Crippen molar-refractivity contribution < 1.29 is 12.8 Å². The molecule has 0 spiro atoms. The van der Waals surface area contributed by atoms with Crippen LogP contribution in [0.15, 0.2) is 52.2 Å². The van der Waals surface area contributed by atoms with Crippen molar-refractivity contribution in [3.05, 3.63) is 75.3 Å². The number of aryl methyl sites for hydroxylation is 2. The van der Waals surface area contributed by atoms with Crippen LogP contribution >= 0.6 is 0 Å². The molecule has 0 aliphatic rings. The second kappa shape index (κ2) is 7.01. The summed E-state index contributed by atoms with van der Waals surface area (Å²) in [5.41, 5.74) is 2.48. The quantitative estimate of drug-likeness (QED) is 0.721. The Morgan fingerprint density at radius 1 is 1.04 bits per heavy atom. The lowest BCUT2D eigenvalue weighted by atomic mass is 10.1. The van der Waals surface area contributed by atoms with Crippen LogP contribution in [0.5, 0.6) is 0 Å². The Labute approximate surface area is 150 Å². The molecule has 1 heterocycles. The number of aromatic amines is 1. The normalized spacial score (nSPS) is 11.8. The van der Waals surface area contributed by atoms with Crippen LogP contribution in [-0.4, -0.2) is 19.9 Å². The molecule has 1 aromatic heterocycles. The predicted octanol–water partition coefficient (Wildman–Crippen LogP) is 2.81. The zero-order chi connectivity index (χ0) is 18.9. The smallest absolute Gasteiger partial charge is 0.251 e. The van der Waals surface area contributed by atoms with E-state index < -0.39 is 15.8 Å². The SMILES string of the molecule is Cc1cc(S(=O)(=O)NCCc2ccc3[nH]c(=O)c(C)cc3c2)ccc1F. The summed E-state index contributed by atoms with van der Waals surface area (Å²) in [7, 11) is -3.69. The molecule has 0 aliphatic carbocycles. The molecule has 2 N–H and O–H groups in total. The lowest BCUT2D eigenvalue weighted by Crippen LogP contribution is -2.26. The van der Waals surface area contributed by atoms with Gasteiger partial charge in [-0.3, -0.25) is 4.79 Å². The van der Waals surface area contributed by atoms with Crippen LogP contribution in [0.4, 0.5) is 4.39 Å². The van der Waals surface area contributed by atoms with Crippen molar-refractivity contribution in [3.63, 3.8) is 0 Å². The van der Waals surface area contributed by atoms with Gasteiger partial charge in [-0.2, -0.15) is 0 Å². The summed E-state index contributed by atoms with van der Waals surface area (Å²) in [6.07, 6.45) is 0.494. The van der Waals surface area contributed by atoms with Gasteiger partial charge in [0.15, 0.2) is 0 Å². The van der Waals surface area contributed by atoms with Gasteiger partial charge in [0.1, 0.15) is 5.82 Å². The van der Waals surface area contributed by atoms with E-state index in [2.05, 4.69) is 9.71 Å². The maximum absolute atomic E-state index is 13.3. The Balaban J connectivity index is 1.72. The van der Waals surface area contributed by atoms with E-state index in [4.69, 9.17) is 0 Å². The molecule has 0 saturated carbocycles. The Bertz CT molecular complexity index is 1140. The molecule has 3 aromatic rings. The first-order chi connectivity index (χ1) is 12.3. The van der Waals surface area contributed by atoms with E-state index in [1.165, 1.54) is 19.1 Å². The van der Waals surface area contributed by atoms with Crippen LogP contribution in [0.2, 0.25) is 0 Å². The topological polar surface area (TPSA) is 79.0 Å². The first-order valence-electron chi connectivity index (χ1n) is 8.15. The van der Waals surface area contributed by atoms with Gasteiger partial charge in [0.25, 0.3) is 5.56 Å². The summed E-state index contributed by atoms with van der Waals surface area (Å²) in [5.74, 6) is -0.437. The van der Waals surface area contributed by atoms with Crippen molar-refractivity contribution in [1.29, 1.82) is 0 Å².